The molecular formula is C15H22BrO5P. The molecule has 0 saturated carbocycles. The third-order valence-electron chi connectivity index (χ3n) is 4.72. The number of aliphatic hydroxyl groups is 1. The SMILES string of the molecule is CCC1(O)c2cc(P(=O)(O)O)ccc2OC(C)(C)C1(Br)CC. The molecule has 1 aromatic carbocycles. The van der Waals surface area contributed by atoms with Gasteiger partial charge < -0.3 is 19.6 Å². The first-order chi connectivity index (χ1) is 9.93. The first-order valence-electron chi connectivity index (χ1n) is 7.24. The van der Waals surface area contributed by atoms with Crippen molar-refractivity contribution in [2.24, 2.45) is 0 Å². The number of ether oxygens (including phenoxy) is 1. The topological polar surface area (TPSA) is 87.0 Å². The molecule has 0 radical (unpaired) electrons. The van der Waals surface area contributed by atoms with Crippen molar-refractivity contribution >= 4 is 28.8 Å². The lowest BCUT2D eigenvalue weighted by molar-refractivity contribution is -0.104. The van der Waals surface area contributed by atoms with Crippen LogP contribution in [0.1, 0.15) is 46.1 Å². The minimum absolute atomic E-state index is 0.118. The fourth-order valence-corrected chi connectivity index (χ4v) is 4.51. The molecule has 7 heteroatoms. The lowest BCUT2D eigenvalue weighted by Gasteiger charge is -2.55. The molecule has 1 aromatic rings. The Morgan fingerprint density at radius 1 is 1.23 bits per heavy atom. The van der Waals surface area contributed by atoms with Crippen LogP contribution in [-0.2, 0) is 10.2 Å². The van der Waals surface area contributed by atoms with Gasteiger partial charge in [-0.25, -0.2) is 0 Å². The second-order valence-electron chi connectivity index (χ2n) is 6.21. The summed E-state index contributed by atoms with van der Waals surface area (Å²) in [4.78, 5) is 18.8. The summed E-state index contributed by atoms with van der Waals surface area (Å²) in [5, 5.41) is 11.3. The van der Waals surface area contributed by atoms with Crippen molar-refractivity contribution in [3.05, 3.63) is 23.8 Å². The maximum absolute atomic E-state index is 11.5. The fourth-order valence-electron chi connectivity index (χ4n) is 3.37. The molecule has 0 fully saturated rings. The second kappa shape index (κ2) is 5.32. The first kappa shape index (κ1) is 18.0. The third-order valence-corrected chi connectivity index (χ3v) is 7.84. The van der Waals surface area contributed by atoms with E-state index in [0.29, 0.717) is 24.2 Å². The van der Waals surface area contributed by atoms with Gasteiger partial charge in [0.25, 0.3) is 0 Å². The quantitative estimate of drug-likeness (QED) is 0.543. The number of hydrogen-bond acceptors (Lipinski definition) is 3. The van der Waals surface area contributed by atoms with E-state index < -0.39 is 23.1 Å². The Labute approximate surface area is 139 Å². The molecule has 0 amide bonds. The van der Waals surface area contributed by atoms with Crippen LogP contribution in [-0.4, -0.2) is 24.8 Å². The van der Waals surface area contributed by atoms with E-state index in [4.69, 9.17) is 4.74 Å². The largest absolute Gasteiger partial charge is 0.486 e. The molecule has 1 aliphatic heterocycles. The average Bonchev–Trinajstić information content (AvgIpc) is 2.43. The molecule has 124 valence electrons. The predicted octanol–water partition coefficient (Wildman–Crippen LogP) is 2.80. The van der Waals surface area contributed by atoms with Crippen LogP contribution in [0.15, 0.2) is 18.2 Å². The van der Waals surface area contributed by atoms with Gasteiger partial charge >= 0.3 is 7.60 Å². The smallest absolute Gasteiger partial charge is 0.356 e. The molecule has 0 aromatic heterocycles. The third kappa shape index (κ3) is 2.36. The molecule has 0 aliphatic carbocycles. The van der Waals surface area contributed by atoms with Crippen LogP contribution in [0.5, 0.6) is 5.75 Å². The maximum atomic E-state index is 11.5. The number of halogens is 1. The van der Waals surface area contributed by atoms with E-state index >= 15 is 0 Å². The van der Waals surface area contributed by atoms with Crippen molar-refractivity contribution in [3.63, 3.8) is 0 Å². The summed E-state index contributed by atoms with van der Waals surface area (Å²) < 4.78 is 16.8. The number of fused-ring (bicyclic) bond motifs is 1. The van der Waals surface area contributed by atoms with Crippen LogP contribution in [0.3, 0.4) is 0 Å². The number of hydrogen-bond donors (Lipinski definition) is 3. The van der Waals surface area contributed by atoms with Crippen molar-refractivity contribution in [3.8, 4) is 5.75 Å². The van der Waals surface area contributed by atoms with Gasteiger partial charge in [0.2, 0.25) is 0 Å². The fraction of sp³-hybridized carbons (Fsp3) is 0.600. The number of rotatable bonds is 3. The zero-order valence-electron chi connectivity index (χ0n) is 13.1. The van der Waals surface area contributed by atoms with Gasteiger partial charge in [-0.15, -0.1) is 0 Å². The summed E-state index contributed by atoms with van der Waals surface area (Å²) in [6, 6.07) is 4.23. The molecule has 0 spiro atoms. The second-order valence-corrected chi connectivity index (χ2v) is 9.16. The molecule has 22 heavy (non-hydrogen) atoms. The summed E-state index contributed by atoms with van der Waals surface area (Å²) in [6.45, 7) is 7.58. The first-order valence-corrected chi connectivity index (χ1v) is 9.64. The predicted molar refractivity (Wildman–Crippen MR) is 89.0 cm³/mol. The van der Waals surface area contributed by atoms with E-state index in [1.807, 2.05) is 27.7 Å². The molecule has 2 rings (SSSR count). The van der Waals surface area contributed by atoms with Crippen LogP contribution in [0.25, 0.3) is 0 Å². The van der Waals surface area contributed by atoms with Crippen LogP contribution in [0.4, 0.5) is 0 Å². The highest BCUT2D eigenvalue weighted by Crippen LogP contribution is 2.57. The van der Waals surface area contributed by atoms with Gasteiger partial charge in [-0.3, -0.25) is 4.57 Å². The van der Waals surface area contributed by atoms with E-state index in [0.717, 1.165) is 0 Å². The molecule has 0 bridgehead atoms. The Balaban J connectivity index is 2.77. The molecule has 0 saturated heterocycles. The molecule has 1 heterocycles. The summed E-state index contributed by atoms with van der Waals surface area (Å²) in [5.74, 6) is 0.454. The standard InChI is InChI=1S/C15H22BrO5P/c1-5-14(17)11-9-10(22(18,19)20)7-8-12(11)21-13(3,4)15(14,16)6-2/h7-9,17H,5-6H2,1-4H3,(H2,18,19,20). The van der Waals surface area contributed by atoms with Crippen molar-refractivity contribution in [2.75, 3.05) is 0 Å². The Hall–Kier alpha value is -0.390. The van der Waals surface area contributed by atoms with E-state index in [9.17, 15) is 19.5 Å². The van der Waals surface area contributed by atoms with Gasteiger partial charge in [0.15, 0.2) is 0 Å². The normalized spacial score (nSPS) is 30.5. The van der Waals surface area contributed by atoms with Gasteiger partial charge in [-0.1, -0.05) is 29.8 Å². The lowest BCUT2D eigenvalue weighted by Crippen LogP contribution is -2.64. The van der Waals surface area contributed by atoms with Crippen LogP contribution >= 0.6 is 23.5 Å². The zero-order valence-corrected chi connectivity index (χ0v) is 15.6. The maximum Gasteiger partial charge on any atom is 0.356 e. The van der Waals surface area contributed by atoms with Gasteiger partial charge in [0.1, 0.15) is 17.0 Å². The zero-order chi connectivity index (χ0) is 17.0. The van der Waals surface area contributed by atoms with Crippen molar-refractivity contribution < 1.29 is 24.2 Å². The minimum Gasteiger partial charge on any atom is -0.486 e. The van der Waals surface area contributed by atoms with Gasteiger partial charge in [-0.2, -0.15) is 0 Å². The van der Waals surface area contributed by atoms with Gasteiger partial charge in [0, 0.05) is 5.56 Å². The number of alkyl halides is 1. The summed E-state index contributed by atoms with van der Waals surface area (Å²) in [7, 11) is -4.40. The lowest BCUT2D eigenvalue weighted by atomic mass is 9.68. The van der Waals surface area contributed by atoms with Crippen LogP contribution < -0.4 is 10.0 Å². The average molecular weight is 393 g/mol. The van der Waals surface area contributed by atoms with Crippen molar-refractivity contribution in [1.29, 1.82) is 0 Å². The van der Waals surface area contributed by atoms with E-state index in [1.165, 1.54) is 18.2 Å². The highest BCUT2D eigenvalue weighted by Gasteiger charge is 2.61. The monoisotopic (exact) mass is 392 g/mol. The highest BCUT2D eigenvalue weighted by molar-refractivity contribution is 9.10. The highest BCUT2D eigenvalue weighted by atomic mass is 79.9. The molecule has 1 aliphatic rings. The summed E-state index contributed by atoms with van der Waals surface area (Å²) in [6.07, 6.45) is 0.973. The van der Waals surface area contributed by atoms with E-state index in [1.54, 1.807) is 0 Å². The Morgan fingerprint density at radius 3 is 2.27 bits per heavy atom. The molecule has 2 atom stereocenters. The van der Waals surface area contributed by atoms with Gasteiger partial charge in [-0.05, 0) is 44.9 Å². The van der Waals surface area contributed by atoms with Crippen molar-refractivity contribution in [1.82, 2.24) is 0 Å². The summed E-state index contributed by atoms with van der Waals surface area (Å²) >= 11 is 3.67. The number of benzene rings is 1. The van der Waals surface area contributed by atoms with Crippen molar-refractivity contribution in [2.45, 2.75) is 56.1 Å². The van der Waals surface area contributed by atoms with Gasteiger partial charge in [0.05, 0.1) is 9.63 Å². The molecule has 2 unspecified atom stereocenters. The molecule has 3 N–H and O–H groups in total. The Morgan fingerprint density at radius 2 is 1.82 bits per heavy atom. The van der Waals surface area contributed by atoms with Crippen LogP contribution in [0, 0.1) is 0 Å². The molecular weight excluding hydrogens is 371 g/mol. The Bertz CT molecular complexity index is 641. The molecule has 5 nitrogen and oxygen atoms in total. The minimum atomic E-state index is -4.40. The van der Waals surface area contributed by atoms with E-state index in [2.05, 4.69) is 15.9 Å². The van der Waals surface area contributed by atoms with E-state index in [-0.39, 0.29) is 5.30 Å². The Kier molecular flexibility index (Phi) is 4.34. The summed E-state index contributed by atoms with van der Waals surface area (Å²) in [5.41, 5.74) is -1.58. The van der Waals surface area contributed by atoms with Crippen LogP contribution in [0.2, 0.25) is 0 Å².